The number of rotatable bonds is 5. The molecular formula is C16H17ClN2O. The molecule has 0 atom stereocenters. The molecule has 0 unspecified atom stereocenters. The average molecular weight is 289 g/mol. The van der Waals surface area contributed by atoms with Gasteiger partial charge in [0.2, 0.25) is 0 Å². The maximum Gasteiger partial charge on any atom is 0.159 e. The van der Waals surface area contributed by atoms with Crippen molar-refractivity contribution in [1.82, 2.24) is 4.98 Å². The molecule has 0 fully saturated rings. The maximum absolute atomic E-state index is 5.98. The molecule has 0 saturated carbocycles. The van der Waals surface area contributed by atoms with Gasteiger partial charge in [-0.2, -0.15) is 0 Å². The highest BCUT2D eigenvalue weighted by molar-refractivity contribution is 6.31. The summed E-state index contributed by atoms with van der Waals surface area (Å²) in [4.78, 5) is 9.57. The Kier molecular flexibility index (Phi) is 5.13. The van der Waals surface area contributed by atoms with Crippen LogP contribution in [-0.2, 0) is 17.9 Å². The lowest BCUT2D eigenvalue weighted by molar-refractivity contribution is 0.128. The van der Waals surface area contributed by atoms with Crippen molar-refractivity contribution in [1.29, 1.82) is 0 Å². The van der Waals surface area contributed by atoms with Crippen molar-refractivity contribution in [2.24, 2.45) is 5.16 Å². The Hall–Kier alpha value is -1.87. The fourth-order valence-corrected chi connectivity index (χ4v) is 1.93. The first kappa shape index (κ1) is 14.5. The monoisotopic (exact) mass is 288 g/mol. The van der Waals surface area contributed by atoms with Crippen LogP contribution in [0.1, 0.15) is 22.5 Å². The number of oxime groups is 1. The first-order valence-corrected chi connectivity index (χ1v) is 6.84. The van der Waals surface area contributed by atoms with Crippen LogP contribution >= 0.6 is 11.6 Å². The van der Waals surface area contributed by atoms with Gasteiger partial charge in [-0.25, -0.2) is 0 Å². The lowest BCUT2D eigenvalue weighted by Gasteiger charge is -2.01. The summed E-state index contributed by atoms with van der Waals surface area (Å²) < 4.78 is 0. The lowest BCUT2D eigenvalue weighted by Crippen LogP contribution is -1.94. The average Bonchev–Trinajstić information content (AvgIpc) is 2.42. The van der Waals surface area contributed by atoms with Gasteiger partial charge in [0.25, 0.3) is 0 Å². The molecule has 1 aromatic carbocycles. The summed E-state index contributed by atoms with van der Waals surface area (Å²) in [7, 11) is 0. The molecule has 20 heavy (non-hydrogen) atoms. The number of hydrogen-bond acceptors (Lipinski definition) is 3. The minimum absolute atomic E-state index is 0.387. The van der Waals surface area contributed by atoms with Crippen LogP contribution in [0.15, 0.2) is 41.6 Å². The van der Waals surface area contributed by atoms with Crippen LogP contribution in [-0.4, -0.2) is 11.2 Å². The number of nitrogens with zero attached hydrogens (tertiary/aromatic N) is 2. The Morgan fingerprint density at radius 3 is 2.85 bits per heavy atom. The Bertz CT molecular complexity index is 611. The molecule has 1 heterocycles. The highest BCUT2D eigenvalue weighted by Gasteiger charge is 1.97. The number of benzene rings is 1. The van der Waals surface area contributed by atoms with E-state index in [9.17, 15) is 0 Å². The minimum Gasteiger partial charge on any atom is -0.390 e. The van der Waals surface area contributed by atoms with Crippen LogP contribution in [0.25, 0.3) is 0 Å². The van der Waals surface area contributed by atoms with Crippen LogP contribution < -0.4 is 0 Å². The number of hydrogen-bond donors (Lipinski definition) is 0. The quantitative estimate of drug-likeness (QED) is 0.613. The smallest absolute Gasteiger partial charge is 0.159 e. The molecule has 2 rings (SSSR count). The molecule has 0 saturated heterocycles. The standard InChI is InChI=1S/C16H17ClN2O/c1-12-10-14(6-7-16(12)17)8-9-18-20-11-15-5-3-4-13(2)19-15/h3-7,9-10H,8,11H2,1-2H3. The second kappa shape index (κ2) is 7.06. The molecule has 0 amide bonds. The molecule has 4 heteroatoms. The molecule has 0 aliphatic rings. The Labute approximate surface area is 124 Å². The number of pyridine rings is 1. The normalized spacial score (nSPS) is 10.9. The van der Waals surface area contributed by atoms with E-state index in [0.29, 0.717) is 6.61 Å². The second-order valence-corrected chi connectivity index (χ2v) is 5.03. The van der Waals surface area contributed by atoms with Crippen LogP contribution in [0, 0.1) is 13.8 Å². The zero-order valence-corrected chi connectivity index (χ0v) is 12.4. The van der Waals surface area contributed by atoms with Crippen LogP contribution in [0.3, 0.4) is 0 Å². The zero-order valence-electron chi connectivity index (χ0n) is 11.6. The predicted molar refractivity (Wildman–Crippen MR) is 82.1 cm³/mol. The molecule has 0 aliphatic carbocycles. The summed E-state index contributed by atoms with van der Waals surface area (Å²) in [5.74, 6) is 0. The number of halogens is 1. The third-order valence-corrected chi connectivity index (χ3v) is 3.28. The van der Waals surface area contributed by atoms with Gasteiger partial charge in [0.15, 0.2) is 6.61 Å². The van der Waals surface area contributed by atoms with Crippen molar-refractivity contribution in [2.45, 2.75) is 26.9 Å². The van der Waals surface area contributed by atoms with Gasteiger partial charge in [-0.1, -0.05) is 35.0 Å². The highest BCUT2D eigenvalue weighted by atomic mass is 35.5. The van der Waals surface area contributed by atoms with Gasteiger partial charge < -0.3 is 4.84 Å². The Morgan fingerprint density at radius 1 is 1.25 bits per heavy atom. The van der Waals surface area contributed by atoms with Gasteiger partial charge in [0.05, 0.1) is 5.69 Å². The third-order valence-electron chi connectivity index (χ3n) is 2.86. The summed E-state index contributed by atoms with van der Waals surface area (Å²) in [5, 5.41) is 4.73. The fourth-order valence-electron chi connectivity index (χ4n) is 1.81. The predicted octanol–water partition coefficient (Wildman–Crippen LogP) is 4.10. The second-order valence-electron chi connectivity index (χ2n) is 4.62. The van der Waals surface area contributed by atoms with Crippen molar-refractivity contribution in [2.75, 3.05) is 0 Å². The summed E-state index contributed by atoms with van der Waals surface area (Å²) in [6, 6.07) is 11.8. The van der Waals surface area contributed by atoms with E-state index in [0.717, 1.165) is 34.0 Å². The molecule has 104 valence electrons. The largest absolute Gasteiger partial charge is 0.390 e. The summed E-state index contributed by atoms with van der Waals surface area (Å²) in [5.41, 5.74) is 4.09. The van der Waals surface area contributed by atoms with Gasteiger partial charge in [-0.15, -0.1) is 0 Å². The SMILES string of the molecule is Cc1cccc(CON=CCc2ccc(Cl)c(C)c2)n1. The molecule has 0 bridgehead atoms. The zero-order chi connectivity index (χ0) is 14.4. The van der Waals surface area contributed by atoms with Crippen molar-refractivity contribution < 1.29 is 4.84 Å². The molecule has 2 aromatic rings. The topological polar surface area (TPSA) is 34.5 Å². The molecule has 0 aliphatic heterocycles. The third kappa shape index (κ3) is 4.35. The fraction of sp³-hybridized carbons (Fsp3) is 0.250. The molecule has 0 spiro atoms. The van der Waals surface area contributed by atoms with E-state index in [4.69, 9.17) is 16.4 Å². The molecule has 1 aromatic heterocycles. The van der Waals surface area contributed by atoms with E-state index in [1.165, 1.54) is 0 Å². The maximum atomic E-state index is 5.98. The van der Waals surface area contributed by atoms with E-state index < -0.39 is 0 Å². The van der Waals surface area contributed by atoms with Crippen LogP contribution in [0.5, 0.6) is 0 Å². The summed E-state index contributed by atoms with van der Waals surface area (Å²) >= 11 is 5.98. The van der Waals surface area contributed by atoms with Gasteiger partial charge in [-0.05, 0) is 43.2 Å². The lowest BCUT2D eigenvalue weighted by atomic mass is 10.1. The van der Waals surface area contributed by atoms with E-state index in [2.05, 4.69) is 16.2 Å². The Balaban J connectivity index is 1.80. The van der Waals surface area contributed by atoms with E-state index in [1.807, 2.05) is 44.2 Å². The van der Waals surface area contributed by atoms with Crippen molar-refractivity contribution in [3.8, 4) is 0 Å². The van der Waals surface area contributed by atoms with Crippen molar-refractivity contribution >= 4 is 17.8 Å². The minimum atomic E-state index is 0.387. The first-order chi connectivity index (χ1) is 9.65. The summed E-state index contributed by atoms with van der Waals surface area (Å²) in [6.45, 7) is 4.33. The van der Waals surface area contributed by atoms with E-state index in [1.54, 1.807) is 6.21 Å². The van der Waals surface area contributed by atoms with E-state index >= 15 is 0 Å². The van der Waals surface area contributed by atoms with Gasteiger partial charge in [-0.3, -0.25) is 4.98 Å². The van der Waals surface area contributed by atoms with Crippen LogP contribution in [0.4, 0.5) is 0 Å². The molecular weight excluding hydrogens is 272 g/mol. The number of aromatic nitrogens is 1. The van der Waals surface area contributed by atoms with E-state index in [-0.39, 0.29) is 0 Å². The Morgan fingerprint density at radius 2 is 2.10 bits per heavy atom. The number of aryl methyl sites for hydroxylation is 2. The van der Waals surface area contributed by atoms with Crippen LogP contribution in [0.2, 0.25) is 5.02 Å². The van der Waals surface area contributed by atoms with Gasteiger partial charge in [0.1, 0.15) is 0 Å². The van der Waals surface area contributed by atoms with Crippen molar-refractivity contribution in [3.63, 3.8) is 0 Å². The molecule has 3 nitrogen and oxygen atoms in total. The van der Waals surface area contributed by atoms with Gasteiger partial charge >= 0.3 is 0 Å². The van der Waals surface area contributed by atoms with Crippen molar-refractivity contribution in [3.05, 3.63) is 63.9 Å². The van der Waals surface area contributed by atoms with Gasteiger partial charge in [0, 0.05) is 23.4 Å². The molecule has 0 N–H and O–H groups in total. The molecule has 0 radical (unpaired) electrons. The summed E-state index contributed by atoms with van der Waals surface area (Å²) in [6.07, 6.45) is 2.47. The first-order valence-electron chi connectivity index (χ1n) is 6.46. The highest BCUT2D eigenvalue weighted by Crippen LogP contribution is 2.16.